The average Bonchev–Trinajstić information content (AvgIpc) is 2.26. The normalized spacial score (nSPS) is 12.0. The molecule has 0 spiro atoms. The zero-order valence-corrected chi connectivity index (χ0v) is 10.1. The van der Waals surface area contributed by atoms with Crippen molar-refractivity contribution in [2.75, 3.05) is 11.8 Å². The second-order valence-corrected chi connectivity index (χ2v) is 4.90. The summed E-state index contributed by atoms with van der Waals surface area (Å²) in [5.41, 5.74) is -6.76. The first-order valence-corrected chi connectivity index (χ1v) is 5.97. The molecular formula is C8H7F3N2O5S. The van der Waals surface area contributed by atoms with E-state index in [1.807, 2.05) is 0 Å². The number of sulfonamides is 1. The van der Waals surface area contributed by atoms with Crippen molar-refractivity contribution in [3.05, 3.63) is 28.3 Å². The zero-order valence-electron chi connectivity index (χ0n) is 9.26. The smallest absolute Gasteiger partial charge is 0.496 e. The Morgan fingerprint density at radius 1 is 1.32 bits per heavy atom. The van der Waals surface area contributed by atoms with Crippen LogP contribution in [0.2, 0.25) is 0 Å². The monoisotopic (exact) mass is 300 g/mol. The number of non-ortho nitro benzene ring substituents is 1. The van der Waals surface area contributed by atoms with Gasteiger partial charge in [0.05, 0.1) is 23.8 Å². The van der Waals surface area contributed by atoms with Gasteiger partial charge in [0.15, 0.2) is 0 Å². The number of benzene rings is 1. The number of alkyl halides is 3. The Bertz CT molecular complexity index is 599. The van der Waals surface area contributed by atoms with Crippen molar-refractivity contribution in [1.82, 2.24) is 0 Å². The van der Waals surface area contributed by atoms with Crippen molar-refractivity contribution in [3.63, 3.8) is 0 Å². The quantitative estimate of drug-likeness (QED) is 0.676. The van der Waals surface area contributed by atoms with E-state index in [-0.39, 0.29) is 5.75 Å². The van der Waals surface area contributed by atoms with Gasteiger partial charge in [-0.1, -0.05) is 0 Å². The Hall–Kier alpha value is -2.04. The minimum Gasteiger partial charge on any atom is -0.496 e. The number of nitro benzene ring substituents is 1. The fraction of sp³-hybridized carbons (Fsp3) is 0.250. The lowest BCUT2D eigenvalue weighted by Gasteiger charge is -2.11. The molecule has 0 aromatic heterocycles. The van der Waals surface area contributed by atoms with Gasteiger partial charge in [0.1, 0.15) is 5.75 Å². The van der Waals surface area contributed by atoms with Crippen LogP contribution in [-0.4, -0.2) is 26.0 Å². The van der Waals surface area contributed by atoms with Gasteiger partial charge in [-0.15, -0.1) is 0 Å². The van der Waals surface area contributed by atoms with Crippen LogP contribution in [0.1, 0.15) is 0 Å². The fourth-order valence-corrected chi connectivity index (χ4v) is 1.62. The Kier molecular flexibility index (Phi) is 3.88. The number of methoxy groups -OCH3 is 1. The lowest BCUT2D eigenvalue weighted by atomic mass is 10.2. The predicted octanol–water partition coefficient (Wildman–Crippen LogP) is 1.86. The zero-order chi connectivity index (χ0) is 14.8. The van der Waals surface area contributed by atoms with Crippen LogP contribution in [0.25, 0.3) is 0 Å². The maximum Gasteiger partial charge on any atom is 0.516 e. The third-order valence-corrected chi connectivity index (χ3v) is 3.01. The Morgan fingerprint density at radius 2 is 1.89 bits per heavy atom. The summed E-state index contributed by atoms with van der Waals surface area (Å²) in [6.45, 7) is 0. The first kappa shape index (κ1) is 15.0. The van der Waals surface area contributed by atoms with E-state index in [0.29, 0.717) is 6.07 Å². The van der Waals surface area contributed by atoms with Crippen molar-refractivity contribution in [2.24, 2.45) is 0 Å². The van der Waals surface area contributed by atoms with Gasteiger partial charge < -0.3 is 4.74 Å². The number of rotatable bonds is 4. The summed E-state index contributed by atoms with van der Waals surface area (Å²) in [4.78, 5) is 9.64. The van der Waals surface area contributed by atoms with Gasteiger partial charge in [0.25, 0.3) is 5.69 Å². The first-order valence-electron chi connectivity index (χ1n) is 4.49. The van der Waals surface area contributed by atoms with Crippen LogP contribution in [0.15, 0.2) is 18.2 Å². The summed E-state index contributed by atoms with van der Waals surface area (Å²) >= 11 is 0. The molecule has 7 nitrogen and oxygen atoms in total. The summed E-state index contributed by atoms with van der Waals surface area (Å²) in [6.07, 6.45) is 0. The minimum atomic E-state index is -5.65. The molecule has 0 heterocycles. The van der Waals surface area contributed by atoms with Crippen molar-refractivity contribution in [2.45, 2.75) is 5.51 Å². The van der Waals surface area contributed by atoms with Gasteiger partial charge in [-0.2, -0.15) is 21.6 Å². The van der Waals surface area contributed by atoms with Crippen LogP contribution in [-0.2, 0) is 10.0 Å². The highest BCUT2D eigenvalue weighted by atomic mass is 32.2. The van der Waals surface area contributed by atoms with Gasteiger partial charge in [-0.05, 0) is 0 Å². The molecule has 106 valence electrons. The SMILES string of the molecule is COc1cc(NS(=O)(=O)C(F)(F)F)cc([N+](=O)[O-])c1. The van der Waals surface area contributed by atoms with Crippen LogP contribution < -0.4 is 9.46 Å². The van der Waals surface area contributed by atoms with Crippen molar-refractivity contribution >= 4 is 21.4 Å². The van der Waals surface area contributed by atoms with Crippen LogP contribution in [0.4, 0.5) is 24.5 Å². The highest BCUT2D eigenvalue weighted by Crippen LogP contribution is 2.30. The highest BCUT2D eigenvalue weighted by Gasteiger charge is 2.46. The molecule has 0 saturated heterocycles. The molecule has 19 heavy (non-hydrogen) atoms. The molecule has 0 radical (unpaired) electrons. The molecule has 1 N–H and O–H groups in total. The maximum atomic E-state index is 12.1. The minimum absolute atomic E-state index is 0.158. The van der Waals surface area contributed by atoms with E-state index in [4.69, 9.17) is 0 Å². The molecule has 1 aromatic rings. The van der Waals surface area contributed by atoms with E-state index in [0.717, 1.165) is 19.2 Å². The summed E-state index contributed by atoms with van der Waals surface area (Å²) in [5.74, 6) is -0.158. The number of anilines is 1. The Morgan fingerprint density at radius 3 is 2.32 bits per heavy atom. The number of hydrogen-bond donors (Lipinski definition) is 1. The van der Waals surface area contributed by atoms with E-state index in [9.17, 15) is 31.7 Å². The molecule has 0 aliphatic carbocycles. The summed E-state index contributed by atoms with van der Waals surface area (Å²) in [6, 6.07) is 2.47. The molecule has 0 amide bonds. The molecule has 0 aliphatic rings. The van der Waals surface area contributed by atoms with Crippen molar-refractivity contribution < 1.29 is 31.2 Å². The number of nitrogens with one attached hydrogen (secondary N) is 1. The first-order chi connectivity index (χ1) is 8.56. The van der Waals surface area contributed by atoms with Gasteiger partial charge in [0, 0.05) is 12.1 Å². The number of nitrogens with zero attached hydrogens (tertiary/aromatic N) is 1. The van der Waals surface area contributed by atoms with Gasteiger partial charge in [-0.25, -0.2) is 0 Å². The number of ether oxygens (including phenoxy) is 1. The lowest BCUT2D eigenvalue weighted by Crippen LogP contribution is -2.29. The molecule has 0 bridgehead atoms. The molecule has 1 rings (SSSR count). The lowest BCUT2D eigenvalue weighted by molar-refractivity contribution is -0.384. The van der Waals surface area contributed by atoms with E-state index in [1.54, 1.807) is 0 Å². The van der Waals surface area contributed by atoms with Crippen molar-refractivity contribution in [1.29, 1.82) is 0 Å². The Labute approximate surface area is 105 Å². The third-order valence-electron chi connectivity index (χ3n) is 1.89. The maximum absolute atomic E-state index is 12.1. The van der Waals surface area contributed by atoms with E-state index in [2.05, 4.69) is 4.74 Å². The standard InChI is InChI=1S/C8H7F3N2O5S/c1-18-7-3-5(2-6(4-7)13(14)15)12-19(16,17)8(9,10)11/h2-4,12H,1H3. The van der Waals surface area contributed by atoms with Crippen LogP contribution in [0, 0.1) is 10.1 Å². The van der Waals surface area contributed by atoms with Crippen LogP contribution in [0.3, 0.4) is 0 Å². The van der Waals surface area contributed by atoms with Gasteiger partial charge >= 0.3 is 15.5 Å². The summed E-state index contributed by atoms with van der Waals surface area (Å²) in [7, 11) is -4.52. The highest BCUT2D eigenvalue weighted by molar-refractivity contribution is 7.93. The van der Waals surface area contributed by atoms with Gasteiger partial charge in [0.2, 0.25) is 0 Å². The van der Waals surface area contributed by atoms with Crippen LogP contribution >= 0.6 is 0 Å². The molecule has 1 aromatic carbocycles. The molecule has 0 atom stereocenters. The molecular weight excluding hydrogens is 293 g/mol. The van der Waals surface area contributed by atoms with Crippen molar-refractivity contribution in [3.8, 4) is 5.75 Å². The summed E-state index contributed by atoms with van der Waals surface area (Å²) in [5, 5.41) is 10.5. The molecule has 0 unspecified atom stereocenters. The van der Waals surface area contributed by atoms with Crippen LogP contribution in [0.5, 0.6) is 5.75 Å². The second kappa shape index (κ2) is 4.91. The van der Waals surface area contributed by atoms with Gasteiger partial charge in [-0.3, -0.25) is 14.8 Å². The van der Waals surface area contributed by atoms with E-state index in [1.165, 1.54) is 4.72 Å². The number of halogens is 3. The fourth-order valence-electron chi connectivity index (χ4n) is 1.08. The average molecular weight is 300 g/mol. The topological polar surface area (TPSA) is 98.5 Å². The van der Waals surface area contributed by atoms with E-state index >= 15 is 0 Å². The molecule has 0 fully saturated rings. The van der Waals surface area contributed by atoms with E-state index < -0.39 is 31.8 Å². The molecule has 0 aliphatic heterocycles. The number of nitro groups is 1. The Balaban J connectivity index is 3.22. The predicted molar refractivity (Wildman–Crippen MR) is 58.2 cm³/mol. The second-order valence-electron chi connectivity index (χ2n) is 3.23. The summed E-state index contributed by atoms with van der Waals surface area (Å²) < 4.78 is 64.0. The molecule has 0 saturated carbocycles. The third kappa shape index (κ3) is 3.47. The largest absolute Gasteiger partial charge is 0.516 e. The number of hydrogen-bond acceptors (Lipinski definition) is 5. The molecule has 11 heteroatoms.